The molecule has 0 unspecified atom stereocenters. The third kappa shape index (κ3) is 2.46. The summed E-state index contributed by atoms with van der Waals surface area (Å²) < 4.78 is 1.49. The third-order valence-electron chi connectivity index (χ3n) is 3.08. The molecule has 0 fully saturated rings. The number of fused-ring (bicyclic) bond motifs is 1. The van der Waals surface area contributed by atoms with Crippen molar-refractivity contribution >= 4 is 40.2 Å². The Kier molecular flexibility index (Phi) is 3.53. The Hall–Kier alpha value is -2.11. The van der Waals surface area contributed by atoms with Crippen LogP contribution in [0, 0.1) is 0 Å². The fourth-order valence-electron chi connectivity index (χ4n) is 2.11. The van der Waals surface area contributed by atoms with Crippen LogP contribution in [0.25, 0.3) is 11.0 Å². The molecule has 0 aliphatic rings. The van der Waals surface area contributed by atoms with Gasteiger partial charge in [0.2, 0.25) is 0 Å². The number of nitrogens with zero attached hydrogens (tertiary/aromatic N) is 3. The van der Waals surface area contributed by atoms with E-state index in [9.17, 15) is 9.90 Å². The highest BCUT2D eigenvalue weighted by Gasteiger charge is 2.18. The molecule has 2 aromatic heterocycles. The number of benzene rings is 1. The molecular weight excluding hydrogens is 313 g/mol. The molecule has 2 heterocycles. The van der Waals surface area contributed by atoms with Gasteiger partial charge in [-0.1, -0.05) is 29.3 Å². The highest BCUT2D eigenvalue weighted by Crippen LogP contribution is 2.26. The SMILES string of the molecule is O=C(O)c1nn(Cc2c(Cl)cccc2Cl)c2ncccc12. The van der Waals surface area contributed by atoms with Crippen LogP contribution in [-0.4, -0.2) is 25.8 Å². The number of hydrogen-bond acceptors (Lipinski definition) is 3. The lowest BCUT2D eigenvalue weighted by Crippen LogP contribution is -2.06. The predicted molar refractivity (Wildman–Crippen MR) is 80.1 cm³/mol. The Bertz CT molecular complexity index is 825. The van der Waals surface area contributed by atoms with Crippen LogP contribution in [0.4, 0.5) is 0 Å². The van der Waals surface area contributed by atoms with Crippen molar-refractivity contribution in [3.63, 3.8) is 0 Å². The van der Waals surface area contributed by atoms with Crippen LogP contribution in [-0.2, 0) is 6.54 Å². The van der Waals surface area contributed by atoms with Crippen molar-refractivity contribution in [1.29, 1.82) is 0 Å². The van der Waals surface area contributed by atoms with Crippen molar-refractivity contribution in [3.05, 3.63) is 57.8 Å². The number of carboxylic acids is 1. The standard InChI is InChI=1S/C14H9Cl2N3O2/c15-10-4-1-5-11(16)9(10)7-19-13-8(3-2-6-17-13)12(18-19)14(20)21/h1-6H,7H2,(H,20,21). The van der Waals surface area contributed by atoms with Crippen molar-refractivity contribution in [2.75, 3.05) is 0 Å². The van der Waals surface area contributed by atoms with Gasteiger partial charge in [0.05, 0.1) is 11.9 Å². The molecule has 0 atom stereocenters. The molecule has 0 saturated heterocycles. The number of carboxylic acid groups (broad SMARTS) is 1. The lowest BCUT2D eigenvalue weighted by molar-refractivity contribution is 0.0691. The van der Waals surface area contributed by atoms with Crippen LogP contribution >= 0.6 is 23.2 Å². The van der Waals surface area contributed by atoms with Crippen LogP contribution in [0.1, 0.15) is 16.1 Å². The number of halogens is 2. The molecule has 0 aliphatic carbocycles. The van der Waals surface area contributed by atoms with Gasteiger partial charge >= 0.3 is 5.97 Å². The Balaban J connectivity index is 2.15. The summed E-state index contributed by atoms with van der Waals surface area (Å²) >= 11 is 12.3. The maximum absolute atomic E-state index is 11.3. The molecule has 3 aromatic rings. The van der Waals surface area contributed by atoms with E-state index in [1.54, 1.807) is 36.5 Å². The van der Waals surface area contributed by atoms with Gasteiger partial charge in [-0.05, 0) is 24.3 Å². The van der Waals surface area contributed by atoms with Crippen molar-refractivity contribution in [1.82, 2.24) is 14.8 Å². The van der Waals surface area contributed by atoms with Crippen LogP contribution in [0.5, 0.6) is 0 Å². The fraction of sp³-hybridized carbons (Fsp3) is 0.0714. The van der Waals surface area contributed by atoms with Gasteiger partial charge in [0.25, 0.3) is 0 Å². The molecule has 5 nitrogen and oxygen atoms in total. The maximum atomic E-state index is 11.3. The van der Waals surface area contributed by atoms with Crippen LogP contribution in [0.3, 0.4) is 0 Å². The number of hydrogen-bond donors (Lipinski definition) is 1. The molecule has 1 aromatic carbocycles. The van der Waals surface area contributed by atoms with Gasteiger partial charge in [-0.2, -0.15) is 5.10 Å². The summed E-state index contributed by atoms with van der Waals surface area (Å²) in [6.07, 6.45) is 1.58. The molecule has 21 heavy (non-hydrogen) atoms. The smallest absolute Gasteiger partial charge is 0.357 e. The second kappa shape index (κ2) is 5.35. The monoisotopic (exact) mass is 321 g/mol. The van der Waals surface area contributed by atoms with Crippen molar-refractivity contribution in [2.24, 2.45) is 0 Å². The van der Waals surface area contributed by atoms with Gasteiger partial charge in [0, 0.05) is 21.8 Å². The van der Waals surface area contributed by atoms with Gasteiger partial charge in [-0.15, -0.1) is 0 Å². The molecule has 0 spiro atoms. The Morgan fingerprint density at radius 1 is 1.19 bits per heavy atom. The molecule has 0 aliphatic heterocycles. The lowest BCUT2D eigenvalue weighted by atomic mass is 10.2. The second-order valence-electron chi connectivity index (χ2n) is 4.39. The van der Waals surface area contributed by atoms with Crippen molar-refractivity contribution in [3.8, 4) is 0 Å². The largest absolute Gasteiger partial charge is 0.476 e. The summed E-state index contributed by atoms with van der Waals surface area (Å²) in [6, 6.07) is 8.53. The minimum Gasteiger partial charge on any atom is -0.476 e. The molecule has 0 radical (unpaired) electrons. The normalized spacial score (nSPS) is 11.0. The number of carbonyl (C=O) groups is 1. The van der Waals surface area contributed by atoms with Gasteiger partial charge in [-0.3, -0.25) is 0 Å². The Morgan fingerprint density at radius 3 is 2.57 bits per heavy atom. The lowest BCUT2D eigenvalue weighted by Gasteiger charge is -2.07. The zero-order valence-electron chi connectivity index (χ0n) is 10.6. The quantitative estimate of drug-likeness (QED) is 0.801. The first-order valence-electron chi connectivity index (χ1n) is 6.05. The summed E-state index contributed by atoms with van der Waals surface area (Å²) in [7, 11) is 0. The minimum atomic E-state index is -1.10. The zero-order chi connectivity index (χ0) is 15.0. The van der Waals surface area contributed by atoms with Crippen LogP contribution in [0.15, 0.2) is 36.5 Å². The Labute approximate surface area is 129 Å². The molecule has 3 rings (SSSR count). The second-order valence-corrected chi connectivity index (χ2v) is 5.20. The highest BCUT2D eigenvalue weighted by atomic mass is 35.5. The third-order valence-corrected chi connectivity index (χ3v) is 3.79. The summed E-state index contributed by atoms with van der Waals surface area (Å²) in [5, 5.41) is 14.8. The summed E-state index contributed by atoms with van der Waals surface area (Å²) in [4.78, 5) is 15.4. The summed E-state index contributed by atoms with van der Waals surface area (Å²) in [5.41, 5.74) is 1.11. The molecule has 7 heteroatoms. The number of aromatic carboxylic acids is 1. The van der Waals surface area contributed by atoms with Gasteiger partial charge < -0.3 is 5.11 Å². The van der Waals surface area contributed by atoms with E-state index < -0.39 is 5.97 Å². The number of aromatic nitrogens is 3. The molecule has 106 valence electrons. The van der Waals surface area contributed by atoms with E-state index in [-0.39, 0.29) is 12.2 Å². The van der Waals surface area contributed by atoms with E-state index >= 15 is 0 Å². The first-order valence-corrected chi connectivity index (χ1v) is 6.81. The van der Waals surface area contributed by atoms with E-state index in [1.165, 1.54) is 4.68 Å². The van der Waals surface area contributed by atoms with Gasteiger partial charge in [0.1, 0.15) is 0 Å². The van der Waals surface area contributed by atoms with E-state index in [0.717, 1.165) is 0 Å². The van der Waals surface area contributed by atoms with Crippen molar-refractivity contribution in [2.45, 2.75) is 6.54 Å². The van der Waals surface area contributed by atoms with Crippen LogP contribution in [0.2, 0.25) is 10.0 Å². The van der Waals surface area contributed by atoms with Gasteiger partial charge in [-0.25, -0.2) is 14.5 Å². The fourth-order valence-corrected chi connectivity index (χ4v) is 2.63. The molecule has 1 N–H and O–H groups in total. The van der Waals surface area contributed by atoms with Crippen molar-refractivity contribution < 1.29 is 9.90 Å². The number of rotatable bonds is 3. The Morgan fingerprint density at radius 2 is 1.90 bits per heavy atom. The summed E-state index contributed by atoms with van der Waals surface area (Å²) in [5.74, 6) is -1.10. The average Bonchev–Trinajstić information content (AvgIpc) is 2.82. The molecule has 0 bridgehead atoms. The molecule has 0 saturated carbocycles. The maximum Gasteiger partial charge on any atom is 0.357 e. The molecule has 0 amide bonds. The van der Waals surface area contributed by atoms with Gasteiger partial charge in [0.15, 0.2) is 11.3 Å². The minimum absolute atomic E-state index is 0.0405. The first kappa shape index (κ1) is 13.9. The van der Waals surface area contributed by atoms with E-state index in [0.29, 0.717) is 26.6 Å². The van der Waals surface area contributed by atoms with Crippen LogP contribution < -0.4 is 0 Å². The topological polar surface area (TPSA) is 68.0 Å². The van der Waals surface area contributed by atoms with E-state index in [1.807, 2.05) is 0 Å². The number of pyridine rings is 1. The highest BCUT2D eigenvalue weighted by molar-refractivity contribution is 6.36. The molecular formula is C14H9Cl2N3O2. The average molecular weight is 322 g/mol. The van der Waals surface area contributed by atoms with E-state index in [4.69, 9.17) is 23.2 Å². The summed E-state index contributed by atoms with van der Waals surface area (Å²) in [6.45, 7) is 0.249. The predicted octanol–water partition coefficient (Wildman–Crippen LogP) is 3.48. The first-order chi connectivity index (χ1) is 10.1. The zero-order valence-corrected chi connectivity index (χ0v) is 12.1. The van der Waals surface area contributed by atoms with E-state index in [2.05, 4.69) is 10.1 Å².